The highest BCUT2D eigenvalue weighted by Gasteiger charge is 2.45. The third kappa shape index (κ3) is 3.60. The molecule has 0 N–H and O–H groups in total. The summed E-state index contributed by atoms with van der Waals surface area (Å²) in [5, 5.41) is 0. The Balaban J connectivity index is 1.47. The van der Waals surface area contributed by atoms with Crippen molar-refractivity contribution in [2.75, 3.05) is 0 Å². The Morgan fingerprint density at radius 3 is 1.82 bits per heavy atom. The molecule has 0 fully saturated rings. The third-order valence-electron chi connectivity index (χ3n) is 7.84. The standard InChI is InChI=1S/C37H24N2/c1-38-32-22-29(24-39-25-32)27-12-10-11-26(21-27)28-19-20-34-33-17-8-9-18-35(33)37(36(34)23-28,30-13-4-2-5-14-30)31-15-6-3-7-16-31/h2-25H. The zero-order chi connectivity index (χ0) is 26.2. The lowest BCUT2D eigenvalue weighted by Gasteiger charge is -2.34. The molecule has 5 aromatic carbocycles. The van der Waals surface area contributed by atoms with E-state index in [0.717, 1.165) is 22.3 Å². The van der Waals surface area contributed by atoms with Gasteiger partial charge < -0.3 is 0 Å². The van der Waals surface area contributed by atoms with Crippen LogP contribution in [0, 0.1) is 6.57 Å². The van der Waals surface area contributed by atoms with Gasteiger partial charge in [-0.3, -0.25) is 4.98 Å². The minimum Gasteiger partial charge on any atom is -0.276 e. The number of aromatic nitrogens is 1. The van der Waals surface area contributed by atoms with E-state index >= 15 is 0 Å². The maximum Gasteiger partial charge on any atom is 0.205 e. The van der Waals surface area contributed by atoms with Crippen molar-refractivity contribution in [3.05, 3.63) is 180 Å². The Bertz CT molecular complexity index is 1820. The average Bonchev–Trinajstić information content (AvgIpc) is 3.32. The lowest BCUT2D eigenvalue weighted by Crippen LogP contribution is -2.28. The van der Waals surface area contributed by atoms with Crippen LogP contribution in [0.3, 0.4) is 0 Å². The molecule has 39 heavy (non-hydrogen) atoms. The summed E-state index contributed by atoms with van der Waals surface area (Å²) < 4.78 is 0. The van der Waals surface area contributed by atoms with Crippen molar-refractivity contribution in [1.82, 2.24) is 4.98 Å². The summed E-state index contributed by atoms with van der Waals surface area (Å²) in [7, 11) is 0. The van der Waals surface area contributed by atoms with Crippen molar-refractivity contribution in [2.24, 2.45) is 0 Å². The topological polar surface area (TPSA) is 17.2 Å². The number of rotatable bonds is 4. The van der Waals surface area contributed by atoms with E-state index in [1.807, 2.05) is 12.3 Å². The highest BCUT2D eigenvalue weighted by atomic mass is 14.7. The smallest absolute Gasteiger partial charge is 0.205 e. The molecule has 0 aliphatic heterocycles. The second-order valence-corrected chi connectivity index (χ2v) is 9.91. The lowest BCUT2D eigenvalue weighted by atomic mass is 9.67. The van der Waals surface area contributed by atoms with E-state index in [-0.39, 0.29) is 0 Å². The molecule has 1 aliphatic rings. The van der Waals surface area contributed by atoms with Gasteiger partial charge in [0, 0.05) is 12.4 Å². The van der Waals surface area contributed by atoms with Gasteiger partial charge in [0.1, 0.15) is 0 Å². The van der Waals surface area contributed by atoms with Gasteiger partial charge in [-0.25, -0.2) is 4.85 Å². The fourth-order valence-corrected chi connectivity index (χ4v) is 6.15. The first kappa shape index (κ1) is 22.9. The molecule has 0 radical (unpaired) electrons. The lowest BCUT2D eigenvalue weighted by molar-refractivity contribution is 0.769. The molecule has 2 nitrogen and oxygen atoms in total. The number of pyridine rings is 1. The van der Waals surface area contributed by atoms with Crippen LogP contribution in [0.25, 0.3) is 38.2 Å². The van der Waals surface area contributed by atoms with Gasteiger partial charge in [0.05, 0.1) is 12.0 Å². The van der Waals surface area contributed by atoms with Crippen molar-refractivity contribution in [3.8, 4) is 33.4 Å². The SMILES string of the molecule is [C-]#[N+]c1cncc(-c2cccc(-c3ccc4c(c3)C(c3ccccc3)(c3ccccc3)c3ccccc3-4)c2)c1. The van der Waals surface area contributed by atoms with E-state index in [0.29, 0.717) is 5.69 Å². The zero-order valence-electron chi connectivity index (χ0n) is 21.3. The van der Waals surface area contributed by atoms with E-state index in [1.54, 1.807) is 6.20 Å². The molecule has 1 aromatic heterocycles. The molecular weight excluding hydrogens is 472 g/mol. The summed E-state index contributed by atoms with van der Waals surface area (Å²) in [6.45, 7) is 7.37. The zero-order valence-corrected chi connectivity index (χ0v) is 21.3. The van der Waals surface area contributed by atoms with Crippen LogP contribution in [0.5, 0.6) is 0 Å². The maximum atomic E-state index is 7.37. The molecule has 1 heterocycles. The van der Waals surface area contributed by atoms with Crippen molar-refractivity contribution < 1.29 is 0 Å². The van der Waals surface area contributed by atoms with Gasteiger partial charge in [-0.2, -0.15) is 0 Å². The van der Waals surface area contributed by atoms with Crippen LogP contribution in [-0.2, 0) is 5.41 Å². The molecule has 0 amide bonds. The summed E-state index contributed by atoms with van der Waals surface area (Å²) in [5.74, 6) is 0. The Morgan fingerprint density at radius 2 is 1.10 bits per heavy atom. The summed E-state index contributed by atoms with van der Waals surface area (Å²) in [4.78, 5) is 7.83. The highest BCUT2D eigenvalue weighted by molar-refractivity contribution is 5.88. The van der Waals surface area contributed by atoms with E-state index in [1.165, 1.54) is 33.4 Å². The normalized spacial score (nSPS) is 12.8. The molecule has 0 spiro atoms. The molecule has 1 aliphatic carbocycles. The minimum atomic E-state index is -0.421. The number of benzene rings is 5. The highest BCUT2D eigenvalue weighted by Crippen LogP contribution is 2.56. The van der Waals surface area contributed by atoms with Crippen LogP contribution in [0.4, 0.5) is 5.69 Å². The van der Waals surface area contributed by atoms with E-state index < -0.39 is 5.41 Å². The minimum absolute atomic E-state index is 0.421. The van der Waals surface area contributed by atoms with Crippen molar-refractivity contribution in [2.45, 2.75) is 5.41 Å². The van der Waals surface area contributed by atoms with Gasteiger partial charge in [-0.1, -0.05) is 115 Å². The van der Waals surface area contributed by atoms with Crippen LogP contribution in [0.1, 0.15) is 22.3 Å². The first-order valence-electron chi connectivity index (χ1n) is 13.1. The molecular formula is C37H24N2. The molecule has 2 heteroatoms. The van der Waals surface area contributed by atoms with Crippen LogP contribution < -0.4 is 0 Å². The fourth-order valence-electron chi connectivity index (χ4n) is 6.15. The number of hydrogen-bond donors (Lipinski definition) is 0. The second-order valence-electron chi connectivity index (χ2n) is 9.91. The monoisotopic (exact) mass is 496 g/mol. The largest absolute Gasteiger partial charge is 0.276 e. The molecule has 7 rings (SSSR count). The quantitative estimate of drug-likeness (QED) is 0.222. The van der Waals surface area contributed by atoms with E-state index in [9.17, 15) is 0 Å². The maximum absolute atomic E-state index is 7.37. The third-order valence-corrected chi connectivity index (χ3v) is 7.84. The van der Waals surface area contributed by atoms with Crippen LogP contribution >= 0.6 is 0 Å². The van der Waals surface area contributed by atoms with E-state index in [4.69, 9.17) is 6.57 Å². The van der Waals surface area contributed by atoms with Gasteiger partial charge in [-0.05, 0) is 73.8 Å². The van der Waals surface area contributed by atoms with Crippen LogP contribution in [0.2, 0.25) is 0 Å². The molecule has 0 unspecified atom stereocenters. The summed E-state index contributed by atoms with van der Waals surface area (Å²) >= 11 is 0. The fraction of sp³-hybridized carbons (Fsp3) is 0.0270. The van der Waals surface area contributed by atoms with Gasteiger partial charge in [0.15, 0.2) is 0 Å². The summed E-state index contributed by atoms with van der Waals surface area (Å²) in [6, 6.07) is 47.9. The van der Waals surface area contributed by atoms with Crippen molar-refractivity contribution in [3.63, 3.8) is 0 Å². The predicted octanol–water partition coefficient (Wildman–Crippen LogP) is 9.33. The second kappa shape index (κ2) is 9.24. The Hall–Kier alpha value is -5.26. The van der Waals surface area contributed by atoms with E-state index in [2.05, 4.69) is 137 Å². The van der Waals surface area contributed by atoms with Gasteiger partial charge in [0.2, 0.25) is 5.69 Å². The predicted molar refractivity (Wildman–Crippen MR) is 159 cm³/mol. The van der Waals surface area contributed by atoms with Gasteiger partial charge >= 0.3 is 0 Å². The van der Waals surface area contributed by atoms with Crippen LogP contribution in [-0.4, -0.2) is 4.98 Å². The molecule has 6 aromatic rings. The Labute approximate surface area is 228 Å². The summed E-state index contributed by atoms with van der Waals surface area (Å²) in [5.41, 5.74) is 12.1. The summed E-state index contributed by atoms with van der Waals surface area (Å²) in [6.07, 6.45) is 3.42. The molecule has 182 valence electrons. The Morgan fingerprint density at radius 1 is 0.487 bits per heavy atom. The van der Waals surface area contributed by atoms with Gasteiger partial charge in [0.25, 0.3) is 0 Å². The number of nitrogens with zero attached hydrogens (tertiary/aromatic N) is 2. The molecule has 0 atom stereocenters. The first-order chi connectivity index (χ1) is 19.3. The van der Waals surface area contributed by atoms with Crippen molar-refractivity contribution in [1.29, 1.82) is 0 Å². The number of hydrogen-bond acceptors (Lipinski definition) is 1. The van der Waals surface area contributed by atoms with Crippen molar-refractivity contribution >= 4 is 5.69 Å². The molecule has 0 saturated carbocycles. The van der Waals surface area contributed by atoms with Gasteiger partial charge in [-0.15, -0.1) is 0 Å². The Kier molecular flexibility index (Phi) is 5.43. The molecule has 0 bridgehead atoms. The van der Waals surface area contributed by atoms with Crippen LogP contribution in [0.15, 0.2) is 146 Å². The first-order valence-corrected chi connectivity index (χ1v) is 13.1. The number of fused-ring (bicyclic) bond motifs is 3. The molecule has 0 saturated heterocycles. The average molecular weight is 497 g/mol.